The zero-order chi connectivity index (χ0) is 16.5. The van der Waals surface area contributed by atoms with Crippen LogP contribution in [0.3, 0.4) is 0 Å². The fourth-order valence-electron chi connectivity index (χ4n) is 2.89. The van der Waals surface area contributed by atoms with Crippen LogP contribution in [0.1, 0.15) is 12.5 Å². The Morgan fingerprint density at radius 2 is 1.96 bits per heavy atom. The maximum Gasteiger partial charge on any atom is 0.0855 e. The summed E-state index contributed by atoms with van der Waals surface area (Å²) < 4.78 is 1.88. The topological polar surface area (TPSA) is 65.9 Å². The third kappa shape index (κ3) is 2.45. The molecule has 0 aliphatic rings. The number of benzene rings is 2. The quantitative estimate of drug-likeness (QED) is 0.489. The van der Waals surface area contributed by atoms with Gasteiger partial charge in [-0.1, -0.05) is 25.1 Å². The van der Waals surface area contributed by atoms with Crippen LogP contribution in [0, 0.1) is 0 Å². The second kappa shape index (κ2) is 5.86. The van der Waals surface area contributed by atoms with Gasteiger partial charge in [0.15, 0.2) is 0 Å². The highest BCUT2D eigenvalue weighted by atomic mass is 16.5. The number of hydrogen-bond donors (Lipinski definition) is 3. The summed E-state index contributed by atoms with van der Waals surface area (Å²) in [5.41, 5.74) is 8.28. The largest absolute Gasteiger partial charge is 0.359 e. The van der Waals surface area contributed by atoms with Crippen molar-refractivity contribution < 1.29 is 5.21 Å². The van der Waals surface area contributed by atoms with E-state index < -0.39 is 0 Å². The lowest BCUT2D eigenvalue weighted by atomic mass is 10.1. The third-order valence-corrected chi connectivity index (χ3v) is 4.33. The molecule has 0 spiro atoms. The van der Waals surface area contributed by atoms with Crippen molar-refractivity contribution in [3.63, 3.8) is 0 Å². The Morgan fingerprint density at radius 3 is 2.71 bits per heavy atom. The molecule has 2 aromatic carbocycles. The normalized spacial score (nSPS) is 11.1. The van der Waals surface area contributed by atoms with Gasteiger partial charge >= 0.3 is 0 Å². The number of nitrogens with one attached hydrogen (secondary N) is 2. The molecule has 0 aliphatic carbocycles. The number of aromatic nitrogens is 3. The minimum absolute atomic E-state index is 0.661. The summed E-state index contributed by atoms with van der Waals surface area (Å²) in [7, 11) is 0. The number of rotatable bonds is 4. The lowest BCUT2D eigenvalue weighted by Gasteiger charge is -2.03. The van der Waals surface area contributed by atoms with Crippen molar-refractivity contribution in [2.24, 2.45) is 0 Å². The molecule has 0 radical (unpaired) electrons. The van der Waals surface area contributed by atoms with Gasteiger partial charge in [0.05, 0.1) is 17.6 Å². The fourth-order valence-corrected chi connectivity index (χ4v) is 2.89. The SMILES string of the molecule is CCc1ccc(-n2cc(-c3ccc4[nH]cc(NO)c4c3)cn2)cc1. The van der Waals surface area contributed by atoms with E-state index in [4.69, 9.17) is 0 Å². The average molecular weight is 318 g/mol. The summed E-state index contributed by atoms with van der Waals surface area (Å²) in [6, 6.07) is 14.5. The average Bonchev–Trinajstić information content (AvgIpc) is 3.28. The van der Waals surface area contributed by atoms with Gasteiger partial charge in [-0.2, -0.15) is 5.10 Å². The molecular weight excluding hydrogens is 300 g/mol. The molecule has 0 atom stereocenters. The summed E-state index contributed by atoms with van der Waals surface area (Å²) >= 11 is 0. The van der Waals surface area contributed by atoms with Gasteiger partial charge in [-0.25, -0.2) is 4.68 Å². The maximum atomic E-state index is 9.19. The molecule has 5 nitrogen and oxygen atoms in total. The van der Waals surface area contributed by atoms with E-state index in [0.29, 0.717) is 5.69 Å². The molecule has 0 aliphatic heterocycles. The first-order chi connectivity index (χ1) is 11.8. The molecule has 4 rings (SSSR count). The second-order valence-electron chi connectivity index (χ2n) is 5.77. The first kappa shape index (κ1) is 14.5. The molecule has 0 amide bonds. The van der Waals surface area contributed by atoms with Gasteiger partial charge in [0.2, 0.25) is 0 Å². The van der Waals surface area contributed by atoms with Crippen molar-refractivity contribution in [2.45, 2.75) is 13.3 Å². The van der Waals surface area contributed by atoms with Crippen molar-refractivity contribution in [3.05, 3.63) is 66.6 Å². The Bertz CT molecular complexity index is 982. The van der Waals surface area contributed by atoms with Gasteiger partial charge in [-0.15, -0.1) is 0 Å². The molecule has 5 heteroatoms. The van der Waals surface area contributed by atoms with E-state index in [0.717, 1.165) is 34.1 Å². The minimum atomic E-state index is 0.661. The lowest BCUT2D eigenvalue weighted by molar-refractivity contribution is 0.390. The van der Waals surface area contributed by atoms with E-state index >= 15 is 0 Å². The van der Waals surface area contributed by atoms with E-state index in [9.17, 15) is 5.21 Å². The van der Waals surface area contributed by atoms with Gasteiger partial charge in [0, 0.05) is 28.9 Å². The molecule has 0 fully saturated rings. The molecule has 0 unspecified atom stereocenters. The van der Waals surface area contributed by atoms with Gasteiger partial charge < -0.3 is 4.98 Å². The molecule has 0 bridgehead atoms. The Kier molecular flexibility index (Phi) is 3.55. The molecule has 0 saturated heterocycles. The molecule has 2 heterocycles. The zero-order valence-corrected chi connectivity index (χ0v) is 13.3. The number of H-pyrrole nitrogens is 1. The summed E-state index contributed by atoms with van der Waals surface area (Å²) in [6.07, 6.45) is 6.64. The van der Waals surface area contributed by atoms with Crippen LogP contribution in [0.4, 0.5) is 5.69 Å². The number of nitrogens with zero attached hydrogens (tertiary/aromatic N) is 2. The van der Waals surface area contributed by atoms with Crippen molar-refractivity contribution in [1.29, 1.82) is 0 Å². The summed E-state index contributed by atoms with van der Waals surface area (Å²) in [5.74, 6) is 0. The summed E-state index contributed by atoms with van der Waals surface area (Å²) in [4.78, 5) is 3.12. The van der Waals surface area contributed by atoms with Crippen LogP contribution in [-0.4, -0.2) is 20.0 Å². The van der Waals surface area contributed by atoms with Crippen molar-refractivity contribution in [3.8, 4) is 16.8 Å². The Labute approximate surface area is 139 Å². The van der Waals surface area contributed by atoms with Crippen LogP contribution < -0.4 is 5.48 Å². The summed E-state index contributed by atoms with van der Waals surface area (Å²) in [5, 5.41) is 14.6. The highest BCUT2D eigenvalue weighted by Gasteiger charge is 2.08. The minimum Gasteiger partial charge on any atom is -0.359 e. The molecule has 3 N–H and O–H groups in total. The first-order valence-electron chi connectivity index (χ1n) is 7.94. The Hall–Kier alpha value is -3.05. The molecule has 0 saturated carbocycles. The van der Waals surface area contributed by atoms with Gasteiger partial charge in [-0.05, 0) is 41.8 Å². The van der Waals surface area contributed by atoms with Crippen LogP contribution in [0.2, 0.25) is 0 Å². The standard InChI is InChI=1S/C19H18N4O/c1-2-13-3-6-16(7-4-13)23-12-15(10-21-23)14-5-8-18-17(9-14)19(22-24)11-20-18/h3-12,20,22,24H,2H2,1H3. The number of anilines is 1. The monoisotopic (exact) mass is 318 g/mol. The summed E-state index contributed by atoms with van der Waals surface area (Å²) in [6.45, 7) is 2.15. The van der Waals surface area contributed by atoms with Crippen molar-refractivity contribution in [1.82, 2.24) is 14.8 Å². The van der Waals surface area contributed by atoms with E-state index in [1.165, 1.54) is 5.56 Å². The van der Waals surface area contributed by atoms with E-state index in [1.807, 2.05) is 35.3 Å². The smallest absolute Gasteiger partial charge is 0.0855 e. The number of hydrogen-bond acceptors (Lipinski definition) is 3. The molecule has 2 aromatic heterocycles. The zero-order valence-electron chi connectivity index (χ0n) is 13.3. The van der Waals surface area contributed by atoms with Crippen LogP contribution in [0.5, 0.6) is 0 Å². The highest BCUT2D eigenvalue weighted by molar-refractivity contribution is 5.95. The molecule has 120 valence electrons. The van der Waals surface area contributed by atoms with Crippen molar-refractivity contribution >= 4 is 16.6 Å². The van der Waals surface area contributed by atoms with Crippen LogP contribution >= 0.6 is 0 Å². The van der Waals surface area contributed by atoms with Gasteiger partial charge in [0.1, 0.15) is 0 Å². The first-order valence-corrected chi connectivity index (χ1v) is 7.94. The Morgan fingerprint density at radius 1 is 1.12 bits per heavy atom. The number of aryl methyl sites for hydroxylation is 1. The van der Waals surface area contributed by atoms with Crippen LogP contribution in [0.15, 0.2) is 61.1 Å². The van der Waals surface area contributed by atoms with E-state index in [-0.39, 0.29) is 0 Å². The second-order valence-corrected chi connectivity index (χ2v) is 5.77. The van der Waals surface area contributed by atoms with E-state index in [1.54, 1.807) is 6.20 Å². The third-order valence-electron chi connectivity index (χ3n) is 4.33. The van der Waals surface area contributed by atoms with Gasteiger partial charge in [-0.3, -0.25) is 10.7 Å². The maximum absolute atomic E-state index is 9.19. The molecule has 4 aromatic rings. The van der Waals surface area contributed by atoms with Crippen molar-refractivity contribution in [2.75, 3.05) is 5.48 Å². The van der Waals surface area contributed by atoms with Gasteiger partial charge in [0.25, 0.3) is 0 Å². The highest BCUT2D eigenvalue weighted by Crippen LogP contribution is 2.29. The molecule has 24 heavy (non-hydrogen) atoms. The predicted octanol–water partition coefficient (Wildman–Crippen LogP) is 4.38. The fraction of sp³-hybridized carbons (Fsp3) is 0.105. The van der Waals surface area contributed by atoms with E-state index in [2.05, 4.69) is 46.8 Å². The number of fused-ring (bicyclic) bond motifs is 1. The number of aromatic amines is 1. The van der Waals surface area contributed by atoms with Crippen LogP contribution in [0.25, 0.3) is 27.7 Å². The predicted molar refractivity (Wildman–Crippen MR) is 95.6 cm³/mol. The Balaban J connectivity index is 1.71. The van der Waals surface area contributed by atoms with Crippen LogP contribution in [-0.2, 0) is 6.42 Å². The molecular formula is C19H18N4O. The lowest BCUT2D eigenvalue weighted by Crippen LogP contribution is -1.94.